The Morgan fingerprint density at radius 1 is 1.39 bits per heavy atom. The molecular formula is C14H13BrN2O. The number of aromatic nitrogens is 2. The topological polar surface area (TPSA) is 34.9 Å². The number of pyridine rings is 1. The summed E-state index contributed by atoms with van der Waals surface area (Å²) >= 11 is 3.36. The van der Waals surface area contributed by atoms with Gasteiger partial charge in [0, 0.05) is 34.5 Å². The van der Waals surface area contributed by atoms with Gasteiger partial charge in [-0.3, -0.25) is 9.78 Å². The van der Waals surface area contributed by atoms with Crippen LogP contribution in [-0.2, 0) is 6.54 Å². The van der Waals surface area contributed by atoms with Crippen molar-refractivity contribution >= 4 is 21.7 Å². The molecule has 2 aromatic heterocycles. The van der Waals surface area contributed by atoms with Gasteiger partial charge in [0.05, 0.1) is 12.2 Å². The predicted molar refractivity (Wildman–Crippen MR) is 72.5 cm³/mol. The maximum absolute atomic E-state index is 11.9. The average molecular weight is 305 g/mol. The fraction of sp³-hybridized carbons (Fsp3) is 0.286. The highest BCUT2D eigenvalue weighted by Gasteiger charge is 2.30. The summed E-state index contributed by atoms with van der Waals surface area (Å²) in [5.41, 5.74) is 1.81. The lowest BCUT2D eigenvalue weighted by molar-refractivity contribution is 0.0967. The second kappa shape index (κ2) is 4.69. The van der Waals surface area contributed by atoms with E-state index >= 15 is 0 Å². The summed E-state index contributed by atoms with van der Waals surface area (Å²) in [5, 5.41) is 0. The number of hydrogen-bond acceptors (Lipinski definition) is 2. The zero-order valence-electron chi connectivity index (χ0n) is 9.84. The van der Waals surface area contributed by atoms with Gasteiger partial charge in [0.1, 0.15) is 0 Å². The molecule has 4 heteroatoms. The Bertz CT molecular complexity index is 570. The molecule has 3 nitrogen and oxygen atoms in total. The standard InChI is InChI=1S/C14H13BrN2O/c15-12-3-4-13(16-7-12)9-17-6-5-11(8-17)14(18)10-1-2-10/h3-8,10H,1-2,9H2. The molecule has 2 aromatic rings. The molecule has 1 aliphatic rings. The Hall–Kier alpha value is -1.42. The number of nitrogens with zero attached hydrogens (tertiary/aromatic N) is 2. The van der Waals surface area contributed by atoms with Gasteiger partial charge in [-0.15, -0.1) is 0 Å². The van der Waals surface area contributed by atoms with Gasteiger partial charge in [-0.25, -0.2) is 0 Å². The average Bonchev–Trinajstić information content (AvgIpc) is 3.12. The number of rotatable bonds is 4. The SMILES string of the molecule is O=C(c1ccn(Cc2ccc(Br)cn2)c1)C1CC1. The number of Topliss-reactive ketones (excluding diaryl/α,β-unsaturated/α-hetero) is 1. The van der Waals surface area contributed by atoms with Gasteiger partial charge in [0.25, 0.3) is 0 Å². The summed E-state index contributed by atoms with van der Waals surface area (Å²) in [5.74, 6) is 0.573. The Morgan fingerprint density at radius 3 is 2.89 bits per heavy atom. The Morgan fingerprint density at radius 2 is 2.22 bits per heavy atom. The van der Waals surface area contributed by atoms with Crippen LogP contribution in [0.1, 0.15) is 28.9 Å². The third-order valence-electron chi connectivity index (χ3n) is 3.12. The first kappa shape index (κ1) is 11.7. The quantitative estimate of drug-likeness (QED) is 0.813. The van der Waals surface area contributed by atoms with Crippen molar-refractivity contribution in [2.75, 3.05) is 0 Å². The molecule has 0 radical (unpaired) electrons. The molecule has 0 unspecified atom stereocenters. The van der Waals surface area contributed by atoms with Crippen LogP contribution in [-0.4, -0.2) is 15.3 Å². The van der Waals surface area contributed by atoms with E-state index in [4.69, 9.17) is 0 Å². The van der Waals surface area contributed by atoms with E-state index in [0.29, 0.717) is 6.54 Å². The first-order valence-corrected chi connectivity index (χ1v) is 6.82. The van der Waals surface area contributed by atoms with Crippen molar-refractivity contribution < 1.29 is 4.79 Å². The minimum Gasteiger partial charge on any atom is -0.348 e. The summed E-state index contributed by atoms with van der Waals surface area (Å²) in [6.07, 6.45) is 7.76. The fourth-order valence-electron chi connectivity index (χ4n) is 1.95. The first-order chi connectivity index (χ1) is 8.72. The second-order valence-electron chi connectivity index (χ2n) is 4.68. The number of carbonyl (C=O) groups excluding carboxylic acids is 1. The first-order valence-electron chi connectivity index (χ1n) is 6.03. The Kier molecular flexibility index (Phi) is 3.04. The van der Waals surface area contributed by atoms with E-state index in [1.807, 2.05) is 35.2 Å². The van der Waals surface area contributed by atoms with Crippen molar-refractivity contribution in [1.82, 2.24) is 9.55 Å². The Labute approximate surface area is 114 Å². The highest BCUT2D eigenvalue weighted by molar-refractivity contribution is 9.10. The number of carbonyl (C=O) groups is 1. The summed E-state index contributed by atoms with van der Waals surface area (Å²) in [4.78, 5) is 16.2. The smallest absolute Gasteiger partial charge is 0.167 e. The van der Waals surface area contributed by atoms with Crippen molar-refractivity contribution in [2.45, 2.75) is 19.4 Å². The van der Waals surface area contributed by atoms with Crippen molar-refractivity contribution in [1.29, 1.82) is 0 Å². The third-order valence-corrected chi connectivity index (χ3v) is 3.59. The van der Waals surface area contributed by atoms with Gasteiger partial charge in [-0.1, -0.05) is 0 Å². The molecule has 2 heterocycles. The lowest BCUT2D eigenvalue weighted by Crippen LogP contribution is -2.01. The maximum Gasteiger partial charge on any atom is 0.167 e. The van der Waals surface area contributed by atoms with Crippen LogP contribution in [0.5, 0.6) is 0 Å². The zero-order valence-corrected chi connectivity index (χ0v) is 11.4. The van der Waals surface area contributed by atoms with E-state index in [1.54, 1.807) is 6.20 Å². The van der Waals surface area contributed by atoms with Crippen molar-refractivity contribution in [2.24, 2.45) is 5.92 Å². The van der Waals surface area contributed by atoms with Crippen LogP contribution in [0.25, 0.3) is 0 Å². The van der Waals surface area contributed by atoms with Crippen molar-refractivity contribution in [3.8, 4) is 0 Å². The van der Waals surface area contributed by atoms with Crippen LogP contribution in [0.2, 0.25) is 0 Å². The highest BCUT2D eigenvalue weighted by Crippen LogP contribution is 2.32. The molecule has 92 valence electrons. The van der Waals surface area contributed by atoms with Crippen LogP contribution in [0.3, 0.4) is 0 Å². The van der Waals surface area contributed by atoms with E-state index in [-0.39, 0.29) is 11.7 Å². The Balaban J connectivity index is 1.73. The number of ketones is 1. The molecule has 0 aromatic carbocycles. The zero-order chi connectivity index (χ0) is 12.5. The minimum absolute atomic E-state index is 0.284. The van der Waals surface area contributed by atoms with E-state index in [2.05, 4.69) is 20.9 Å². The largest absolute Gasteiger partial charge is 0.348 e. The molecule has 1 fully saturated rings. The normalized spacial score (nSPS) is 14.7. The molecule has 0 aliphatic heterocycles. The molecule has 0 saturated heterocycles. The van der Waals surface area contributed by atoms with Gasteiger partial charge in [0.2, 0.25) is 0 Å². The molecule has 0 amide bonds. The van der Waals surface area contributed by atoms with Gasteiger partial charge < -0.3 is 4.57 Å². The summed E-state index contributed by atoms with van der Waals surface area (Å²) in [7, 11) is 0. The van der Waals surface area contributed by atoms with Crippen LogP contribution in [0.4, 0.5) is 0 Å². The van der Waals surface area contributed by atoms with Gasteiger partial charge in [0.15, 0.2) is 5.78 Å². The lowest BCUT2D eigenvalue weighted by Gasteiger charge is -2.02. The monoisotopic (exact) mass is 304 g/mol. The van der Waals surface area contributed by atoms with E-state index < -0.39 is 0 Å². The summed E-state index contributed by atoms with van der Waals surface area (Å²) in [6.45, 7) is 0.700. The predicted octanol–water partition coefficient (Wildman–Crippen LogP) is 3.29. The third kappa shape index (κ3) is 2.53. The molecule has 1 aliphatic carbocycles. The number of hydrogen-bond donors (Lipinski definition) is 0. The summed E-state index contributed by atoms with van der Waals surface area (Å²) in [6, 6.07) is 5.86. The minimum atomic E-state index is 0.284. The van der Waals surface area contributed by atoms with Crippen molar-refractivity contribution in [3.05, 3.63) is 52.5 Å². The maximum atomic E-state index is 11.9. The molecule has 1 saturated carbocycles. The van der Waals surface area contributed by atoms with E-state index in [9.17, 15) is 4.79 Å². The molecule has 3 rings (SSSR count). The van der Waals surface area contributed by atoms with E-state index in [1.165, 1.54) is 0 Å². The van der Waals surface area contributed by atoms with Gasteiger partial charge in [-0.2, -0.15) is 0 Å². The van der Waals surface area contributed by atoms with E-state index in [0.717, 1.165) is 28.6 Å². The van der Waals surface area contributed by atoms with Crippen LogP contribution in [0.15, 0.2) is 41.3 Å². The van der Waals surface area contributed by atoms with Crippen LogP contribution in [0, 0.1) is 5.92 Å². The molecular weight excluding hydrogens is 292 g/mol. The molecule has 0 bridgehead atoms. The molecule has 0 atom stereocenters. The molecule has 18 heavy (non-hydrogen) atoms. The summed E-state index contributed by atoms with van der Waals surface area (Å²) < 4.78 is 2.98. The number of halogens is 1. The van der Waals surface area contributed by atoms with Gasteiger partial charge >= 0.3 is 0 Å². The second-order valence-corrected chi connectivity index (χ2v) is 5.59. The fourth-order valence-corrected chi connectivity index (χ4v) is 2.19. The molecule has 0 spiro atoms. The highest BCUT2D eigenvalue weighted by atomic mass is 79.9. The molecule has 0 N–H and O–H groups in total. The lowest BCUT2D eigenvalue weighted by atomic mass is 10.1. The van der Waals surface area contributed by atoms with Crippen LogP contribution >= 0.6 is 15.9 Å². The van der Waals surface area contributed by atoms with Gasteiger partial charge in [-0.05, 0) is 47.0 Å². The van der Waals surface area contributed by atoms with Crippen molar-refractivity contribution in [3.63, 3.8) is 0 Å². The van der Waals surface area contributed by atoms with Crippen LogP contribution < -0.4 is 0 Å².